The lowest BCUT2D eigenvalue weighted by Gasteiger charge is -2.41. The smallest absolute Gasteiger partial charge is 0.254 e. The van der Waals surface area contributed by atoms with Crippen LogP contribution in [0.5, 0.6) is 0 Å². The van der Waals surface area contributed by atoms with Crippen molar-refractivity contribution in [2.24, 2.45) is 0 Å². The maximum Gasteiger partial charge on any atom is 0.254 e. The van der Waals surface area contributed by atoms with Crippen LogP contribution in [-0.4, -0.2) is 37.0 Å². The van der Waals surface area contributed by atoms with Crippen molar-refractivity contribution in [2.75, 3.05) is 20.3 Å². The van der Waals surface area contributed by atoms with E-state index in [4.69, 9.17) is 9.15 Å². The number of hydrogen-bond donors (Lipinski definition) is 1. The van der Waals surface area contributed by atoms with Gasteiger partial charge in [0, 0.05) is 19.2 Å². The lowest BCUT2D eigenvalue weighted by Crippen LogP contribution is -2.48. The van der Waals surface area contributed by atoms with Crippen LogP contribution in [0.3, 0.4) is 0 Å². The van der Waals surface area contributed by atoms with Gasteiger partial charge in [-0.05, 0) is 41.5 Å². The van der Waals surface area contributed by atoms with Crippen LogP contribution in [0, 0.1) is 5.82 Å². The molecule has 1 N–H and O–H groups in total. The van der Waals surface area contributed by atoms with Crippen molar-refractivity contribution in [1.82, 2.24) is 10.2 Å². The fraction of sp³-hybridized carbons (Fsp3) is 0.250. The second kappa shape index (κ2) is 9.14. The number of amides is 2. The minimum atomic E-state index is -0.675. The minimum absolute atomic E-state index is 0.183. The lowest BCUT2D eigenvalue weighted by molar-refractivity contribution is -0.124. The summed E-state index contributed by atoms with van der Waals surface area (Å²) in [5.41, 5.74) is 1.81. The van der Waals surface area contributed by atoms with Crippen LogP contribution in [0.2, 0.25) is 0 Å². The molecule has 2 aromatic carbocycles. The van der Waals surface area contributed by atoms with E-state index >= 15 is 0 Å². The van der Waals surface area contributed by atoms with Crippen molar-refractivity contribution >= 4 is 11.8 Å². The van der Waals surface area contributed by atoms with Crippen LogP contribution < -0.4 is 5.32 Å². The number of benzene rings is 2. The van der Waals surface area contributed by atoms with E-state index in [0.29, 0.717) is 35.6 Å². The number of halogens is 1. The van der Waals surface area contributed by atoms with Gasteiger partial charge in [-0.3, -0.25) is 9.59 Å². The molecule has 0 aliphatic carbocycles. The van der Waals surface area contributed by atoms with E-state index in [-0.39, 0.29) is 24.2 Å². The van der Waals surface area contributed by atoms with E-state index in [1.807, 2.05) is 6.07 Å². The van der Waals surface area contributed by atoms with Gasteiger partial charge in [-0.2, -0.15) is 0 Å². The molecule has 2 amide bonds. The Kier molecular flexibility index (Phi) is 6.13. The summed E-state index contributed by atoms with van der Waals surface area (Å²) in [6.07, 6.45) is 1.55. The molecule has 2 heterocycles. The van der Waals surface area contributed by atoms with E-state index in [2.05, 4.69) is 5.32 Å². The number of nitrogens with zero attached hydrogens (tertiary/aromatic N) is 1. The number of carbonyl (C=O) groups excluding carboxylic acids is 2. The zero-order chi connectivity index (χ0) is 21.8. The highest BCUT2D eigenvalue weighted by Crippen LogP contribution is 2.42. The number of methoxy groups -OCH3 is 1. The minimum Gasteiger partial charge on any atom is -0.467 e. The molecule has 0 saturated heterocycles. The molecule has 0 unspecified atom stereocenters. The first kappa shape index (κ1) is 20.8. The fourth-order valence-corrected chi connectivity index (χ4v) is 4.04. The number of fused-ring (bicyclic) bond motifs is 1. The van der Waals surface area contributed by atoms with Crippen molar-refractivity contribution < 1.29 is 23.1 Å². The Bertz CT molecular complexity index is 1050. The van der Waals surface area contributed by atoms with Crippen molar-refractivity contribution in [3.63, 3.8) is 0 Å². The highest BCUT2D eigenvalue weighted by Gasteiger charge is 2.43. The van der Waals surface area contributed by atoms with Gasteiger partial charge in [0.25, 0.3) is 5.91 Å². The van der Waals surface area contributed by atoms with E-state index in [0.717, 1.165) is 0 Å². The number of hydrogen-bond acceptors (Lipinski definition) is 4. The van der Waals surface area contributed by atoms with Crippen LogP contribution in [0.1, 0.15) is 39.2 Å². The summed E-state index contributed by atoms with van der Waals surface area (Å²) in [6.45, 7) is 0.840. The highest BCUT2D eigenvalue weighted by atomic mass is 19.1. The first-order chi connectivity index (χ1) is 15.1. The van der Waals surface area contributed by atoms with Crippen molar-refractivity contribution in [1.29, 1.82) is 0 Å². The zero-order valence-corrected chi connectivity index (χ0v) is 17.1. The van der Waals surface area contributed by atoms with Gasteiger partial charge in [-0.1, -0.05) is 30.3 Å². The zero-order valence-electron chi connectivity index (χ0n) is 17.1. The Morgan fingerprint density at radius 2 is 1.90 bits per heavy atom. The first-order valence-electron chi connectivity index (χ1n) is 10.0. The molecule has 1 aliphatic rings. The van der Waals surface area contributed by atoms with Gasteiger partial charge in [0.15, 0.2) is 0 Å². The maximum atomic E-state index is 13.6. The molecule has 0 saturated carbocycles. The Balaban J connectivity index is 1.77. The molecular formula is C24H23FN2O4. The molecule has 0 bridgehead atoms. The molecule has 3 aromatic rings. The molecule has 2 atom stereocenters. The van der Waals surface area contributed by atoms with Crippen LogP contribution in [0.15, 0.2) is 71.3 Å². The SMILES string of the molecule is COCCN1C(=O)c2ccccc2[C@@H](C(=O)NCc2ccco2)[C@H]1c1ccc(F)cc1. The summed E-state index contributed by atoms with van der Waals surface area (Å²) in [7, 11) is 1.56. The Hall–Kier alpha value is -3.45. The average Bonchev–Trinajstić information content (AvgIpc) is 3.31. The Morgan fingerprint density at radius 1 is 1.13 bits per heavy atom. The second-order valence-corrected chi connectivity index (χ2v) is 7.35. The maximum absolute atomic E-state index is 13.6. The van der Waals surface area contributed by atoms with Crippen molar-refractivity contribution in [3.8, 4) is 0 Å². The number of nitrogens with one attached hydrogen (secondary N) is 1. The average molecular weight is 422 g/mol. The normalized spacial score (nSPS) is 18.0. The molecule has 0 radical (unpaired) electrons. The predicted octanol–water partition coefficient (Wildman–Crippen LogP) is 3.66. The summed E-state index contributed by atoms with van der Waals surface area (Å²) in [5.74, 6) is -0.854. The van der Waals surface area contributed by atoms with Gasteiger partial charge in [-0.25, -0.2) is 4.39 Å². The summed E-state index contributed by atoms with van der Waals surface area (Å²) >= 11 is 0. The predicted molar refractivity (Wildman–Crippen MR) is 112 cm³/mol. The molecule has 0 fully saturated rings. The van der Waals surface area contributed by atoms with Gasteiger partial charge in [0.1, 0.15) is 11.6 Å². The summed E-state index contributed by atoms with van der Waals surface area (Å²) in [4.78, 5) is 28.4. The summed E-state index contributed by atoms with van der Waals surface area (Å²) < 4.78 is 24.1. The molecule has 1 aliphatic heterocycles. The van der Waals surface area contributed by atoms with Gasteiger partial charge >= 0.3 is 0 Å². The number of ether oxygens (including phenoxy) is 1. The standard InChI is InChI=1S/C24H23FN2O4/c1-30-14-12-27-22(16-8-10-17(25)11-9-16)21(19-6-2-3-7-20(19)24(27)29)23(28)26-15-18-5-4-13-31-18/h2-11,13,21-22H,12,14-15H2,1H3,(H,26,28)/t21-,22-/m1/s1. The number of rotatable bonds is 7. The fourth-order valence-electron chi connectivity index (χ4n) is 4.04. The third-order valence-corrected chi connectivity index (χ3v) is 5.49. The molecule has 1 aromatic heterocycles. The van der Waals surface area contributed by atoms with Gasteiger partial charge < -0.3 is 19.4 Å². The molecule has 4 rings (SSSR count). The summed E-state index contributed by atoms with van der Waals surface area (Å²) in [6, 6.07) is 16.0. The third kappa shape index (κ3) is 4.22. The monoisotopic (exact) mass is 422 g/mol. The highest BCUT2D eigenvalue weighted by molar-refractivity contribution is 6.01. The quantitative estimate of drug-likeness (QED) is 0.631. The van der Waals surface area contributed by atoms with E-state index in [9.17, 15) is 14.0 Å². The van der Waals surface area contributed by atoms with Gasteiger partial charge in [0.05, 0.1) is 31.4 Å². The van der Waals surface area contributed by atoms with Crippen molar-refractivity contribution in [3.05, 3.63) is 95.2 Å². The van der Waals surface area contributed by atoms with Crippen LogP contribution in [-0.2, 0) is 16.1 Å². The molecule has 31 heavy (non-hydrogen) atoms. The van der Waals surface area contributed by atoms with Crippen molar-refractivity contribution in [2.45, 2.75) is 18.5 Å². The first-order valence-corrected chi connectivity index (χ1v) is 10.0. The Morgan fingerprint density at radius 3 is 2.61 bits per heavy atom. The van der Waals surface area contributed by atoms with E-state index in [1.54, 1.807) is 60.7 Å². The topological polar surface area (TPSA) is 71.8 Å². The van der Waals surface area contributed by atoms with Gasteiger partial charge in [-0.15, -0.1) is 0 Å². The third-order valence-electron chi connectivity index (χ3n) is 5.49. The van der Waals surface area contributed by atoms with E-state index < -0.39 is 12.0 Å². The van der Waals surface area contributed by atoms with Crippen LogP contribution >= 0.6 is 0 Å². The number of carbonyl (C=O) groups is 2. The van der Waals surface area contributed by atoms with Gasteiger partial charge in [0.2, 0.25) is 5.91 Å². The molecule has 0 spiro atoms. The molecular weight excluding hydrogens is 399 g/mol. The molecule has 6 nitrogen and oxygen atoms in total. The largest absolute Gasteiger partial charge is 0.467 e. The lowest BCUT2D eigenvalue weighted by atomic mass is 9.79. The Labute approximate surface area is 179 Å². The molecule has 160 valence electrons. The van der Waals surface area contributed by atoms with E-state index in [1.165, 1.54) is 12.1 Å². The second-order valence-electron chi connectivity index (χ2n) is 7.35. The number of furan rings is 1. The van der Waals surface area contributed by atoms with Crippen LogP contribution in [0.25, 0.3) is 0 Å². The summed E-state index contributed by atoms with van der Waals surface area (Å²) in [5, 5.41) is 2.92. The molecule has 7 heteroatoms. The van der Waals surface area contributed by atoms with Crippen LogP contribution in [0.4, 0.5) is 4.39 Å².